The molecule has 1 atom stereocenters. The van der Waals surface area contributed by atoms with Gasteiger partial charge in [-0.2, -0.15) is 0 Å². The Bertz CT molecular complexity index is 515. The van der Waals surface area contributed by atoms with Crippen LogP contribution < -0.4 is 0 Å². The summed E-state index contributed by atoms with van der Waals surface area (Å²) in [5, 5.41) is 9.48. The number of carbonyl (C=O) groups excluding carboxylic acids is 1. The molecule has 0 heterocycles. The minimum atomic E-state index is -1.57. The average Bonchev–Trinajstić information content (AvgIpc) is 2.32. The molecule has 19 heavy (non-hydrogen) atoms. The summed E-state index contributed by atoms with van der Waals surface area (Å²) in [4.78, 5) is 24.4. The van der Waals surface area contributed by atoms with Gasteiger partial charge in [0, 0.05) is 13.5 Å². The smallest absolute Gasteiger partial charge is 0.334 e. The molecular formula is C14H18FNO3. The van der Waals surface area contributed by atoms with Gasteiger partial charge in [-0.1, -0.05) is 12.1 Å². The Balaban J connectivity index is 3.45. The first-order valence-corrected chi connectivity index (χ1v) is 6.03. The molecule has 104 valence electrons. The van der Waals surface area contributed by atoms with Gasteiger partial charge in [0.15, 0.2) is 5.54 Å². The molecule has 4 nitrogen and oxygen atoms in total. The predicted octanol–water partition coefficient (Wildman–Crippen LogP) is 2.30. The molecule has 1 amide bonds. The fraction of sp³-hybridized carbons (Fsp3) is 0.429. The maximum atomic E-state index is 13.6. The van der Waals surface area contributed by atoms with Crippen molar-refractivity contribution in [2.24, 2.45) is 0 Å². The van der Waals surface area contributed by atoms with E-state index in [1.807, 2.05) is 0 Å². The van der Waals surface area contributed by atoms with Gasteiger partial charge in [-0.25, -0.2) is 9.18 Å². The second-order valence-corrected chi connectivity index (χ2v) is 4.60. The SMILES string of the molecule is CCN(C(C)=O)C(C)(C(=O)O)c1ccc(C)c(F)c1. The summed E-state index contributed by atoms with van der Waals surface area (Å²) in [7, 11) is 0. The van der Waals surface area contributed by atoms with E-state index in [0.29, 0.717) is 5.56 Å². The maximum Gasteiger partial charge on any atom is 0.334 e. The van der Waals surface area contributed by atoms with Gasteiger partial charge >= 0.3 is 5.97 Å². The number of likely N-dealkylation sites (N-methyl/N-ethyl adjacent to an activating group) is 1. The predicted molar refractivity (Wildman–Crippen MR) is 69.2 cm³/mol. The van der Waals surface area contributed by atoms with Crippen LogP contribution in [0.2, 0.25) is 0 Å². The van der Waals surface area contributed by atoms with Crippen molar-refractivity contribution in [1.82, 2.24) is 4.90 Å². The molecule has 0 aliphatic heterocycles. The first-order valence-electron chi connectivity index (χ1n) is 6.03. The normalized spacial score (nSPS) is 13.7. The Labute approximate surface area is 111 Å². The van der Waals surface area contributed by atoms with E-state index in [1.54, 1.807) is 13.8 Å². The van der Waals surface area contributed by atoms with Crippen LogP contribution >= 0.6 is 0 Å². The summed E-state index contributed by atoms with van der Waals surface area (Å²) in [5.74, 6) is -2.04. The molecule has 0 spiro atoms. The van der Waals surface area contributed by atoms with Crippen LogP contribution in [0, 0.1) is 12.7 Å². The summed E-state index contributed by atoms with van der Waals surface area (Å²) >= 11 is 0. The Morgan fingerprint density at radius 1 is 1.42 bits per heavy atom. The molecule has 0 bridgehead atoms. The first-order chi connectivity index (χ1) is 8.75. The van der Waals surface area contributed by atoms with Crippen LogP contribution in [0.25, 0.3) is 0 Å². The number of benzene rings is 1. The van der Waals surface area contributed by atoms with Crippen molar-refractivity contribution in [3.8, 4) is 0 Å². The molecule has 1 aromatic carbocycles. The molecule has 0 aliphatic rings. The van der Waals surface area contributed by atoms with Crippen LogP contribution in [0.1, 0.15) is 31.9 Å². The molecule has 0 aliphatic carbocycles. The van der Waals surface area contributed by atoms with Crippen LogP contribution in [0.15, 0.2) is 18.2 Å². The molecule has 0 saturated carbocycles. The van der Waals surface area contributed by atoms with Crippen LogP contribution in [0.4, 0.5) is 4.39 Å². The number of aryl methyl sites for hydroxylation is 1. The Hall–Kier alpha value is -1.91. The lowest BCUT2D eigenvalue weighted by atomic mass is 9.89. The number of amides is 1. The number of carbonyl (C=O) groups is 2. The zero-order chi connectivity index (χ0) is 14.8. The van der Waals surface area contributed by atoms with Crippen molar-refractivity contribution < 1.29 is 19.1 Å². The van der Waals surface area contributed by atoms with E-state index in [9.17, 15) is 19.1 Å². The van der Waals surface area contributed by atoms with Crippen molar-refractivity contribution in [2.45, 2.75) is 33.2 Å². The minimum absolute atomic E-state index is 0.230. The van der Waals surface area contributed by atoms with Crippen molar-refractivity contribution in [2.75, 3.05) is 6.54 Å². The van der Waals surface area contributed by atoms with E-state index in [0.717, 1.165) is 0 Å². The van der Waals surface area contributed by atoms with Crippen LogP contribution in [-0.4, -0.2) is 28.4 Å². The van der Waals surface area contributed by atoms with Gasteiger partial charge in [0.25, 0.3) is 0 Å². The monoisotopic (exact) mass is 267 g/mol. The number of hydrogen-bond donors (Lipinski definition) is 1. The second-order valence-electron chi connectivity index (χ2n) is 4.60. The number of aliphatic carboxylic acids is 1. The molecule has 0 fully saturated rings. The fourth-order valence-corrected chi connectivity index (χ4v) is 2.14. The van der Waals surface area contributed by atoms with Gasteiger partial charge in [0.05, 0.1) is 0 Å². The van der Waals surface area contributed by atoms with Crippen LogP contribution in [-0.2, 0) is 15.1 Å². The lowest BCUT2D eigenvalue weighted by Gasteiger charge is -2.37. The molecule has 1 aromatic rings. The average molecular weight is 267 g/mol. The van der Waals surface area contributed by atoms with Crippen molar-refractivity contribution in [3.63, 3.8) is 0 Å². The number of nitrogens with zero attached hydrogens (tertiary/aromatic N) is 1. The number of carboxylic acids is 1. The summed E-state index contributed by atoms with van der Waals surface area (Å²) in [5.41, 5.74) is -0.891. The van der Waals surface area contributed by atoms with Crippen molar-refractivity contribution >= 4 is 11.9 Å². The number of halogens is 1. The molecule has 1 unspecified atom stereocenters. The topological polar surface area (TPSA) is 57.6 Å². The van der Waals surface area contributed by atoms with Crippen LogP contribution in [0.3, 0.4) is 0 Å². The Kier molecular flexibility index (Phi) is 4.29. The van der Waals surface area contributed by atoms with Gasteiger partial charge in [0.1, 0.15) is 5.82 Å². The Morgan fingerprint density at radius 3 is 2.37 bits per heavy atom. The van der Waals surface area contributed by atoms with Gasteiger partial charge in [-0.05, 0) is 38.0 Å². The highest BCUT2D eigenvalue weighted by atomic mass is 19.1. The number of rotatable bonds is 4. The third kappa shape index (κ3) is 2.59. The molecule has 0 aromatic heterocycles. The van der Waals surface area contributed by atoms with Crippen LogP contribution in [0.5, 0.6) is 0 Å². The van der Waals surface area contributed by atoms with Gasteiger partial charge in [-0.3, -0.25) is 4.79 Å². The summed E-state index contributed by atoms with van der Waals surface area (Å²) in [6, 6.07) is 4.23. The largest absolute Gasteiger partial charge is 0.479 e. The van der Waals surface area contributed by atoms with Crippen molar-refractivity contribution in [3.05, 3.63) is 35.1 Å². The van der Waals surface area contributed by atoms with E-state index in [-0.39, 0.29) is 18.0 Å². The summed E-state index contributed by atoms with van der Waals surface area (Å²) in [6.07, 6.45) is 0. The zero-order valence-electron chi connectivity index (χ0n) is 11.5. The van der Waals surface area contributed by atoms with E-state index in [2.05, 4.69) is 0 Å². The third-order valence-corrected chi connectivity index (χ3v) is 3.39. The van der Waals surface area contributed by atoms with Gasteiger partial charge in [-0.15, -0.1) is 0 Å². The summed E-state index contributed by atoms with van der Waals surface area (Å²) < 4.78 is 13.6. The number of hydrogen-bond acceptors (Lipinski definition) is 2. The third-order valence-electron chi connectivity index (χ3n) is 3.39. The van der Waals surface area contributed by atoms with E-state index < -0.39 is 17.3 Å². The quantitative estimate of drug-likeness (QED) is 0.910. The Morgan fingerprint density at radius 2 is 2.00 bits per heavy atom. The van der Waals surface area contributed by atoms with Crippen molar-refractivity contribution in [1.29, 1.82) is 0 Å². The van der Waals surface area contributed by atoms with E-state index >= 15 is 0 Å². The highest BCUT2D eigenvalue weighted by molar-refractivity contribution is 5.87. The molecule has 5 heteroatoms. The molecule has 1 rings (SSSR count). The standard InChI is InChI=1S/C14H18FNO3/c1-5-16(10(3)17)14(4,13(18)19)11-7-6-9(2)12(15)8-11/h6-8H,5H2,1-4H3,(H,18,19). The first kappa shape index (κ1) is 15.1. The highest BCUT2D eigenvalue weighted by Crippen LogP contribution is 2.30. The minimum Gasteiger partial charge on any atom is -0.479 e. The highest BCUT2D eigenvalue weighted by Gasteiger charge is 2.42. The van der Waals surface area contributed by atoms with Gasteiger partial charge < -0.3 is 10.0 Å². The van der Waals surface area contributed by atoms with E-state index in [1.165, 1.54) is 36.9 Å². The summed E-state index contributed by atoms with van der Waals surface area (Å²) in [6.45, 7) is 6.22. The molecule has 0 radical (unpaired) electrons. The zero-order valence-corrected chi connectivity index (χ0v) is 11.5. The lowest BCUT2D eigenvalue weighted by Crippen LogP contribution is -2.52. The van der Waals surface area contributed by atoms with E-state index in [4.69, 9.17) is 0 Å². The second kappa shape index (κ2) is 5.38. The molecular weight excluding hydrogens is 249 g/mol. The molecule has 0 saturated heterocycles. The maximum absolute atomic E-state index is 13.6. The molecule has 1 N–H and O–H groups in total. The van der Waals surface area contributed by atoms with Gasteiger partial charge in [0.2, 0.25) is 5.91 Å². The number of carboxylic acid groups (broad SMARTS) is 1. The fourth-order valence-electron chi connectivity index (χ4n) is 2.14. The lowest BCUT2D eigenvalue weighted by molar-refractivity contribution is -0.158.